The van der Waals surface area contributed by atoms with Gasteiger partial charge in [-0.1, -0.05) is 0 Å². The molecular weight excluding hydrogens is 211 g/mol. The maximum absolute atomic E-state index is 13.4. The van der Waals surface area contributed by atoms with Gasteiger partial charge in [0.25, 0.3) is 0 Å². The van der Waals surface area contributed by atoms with Gasteiger partial charge >= 0.3 is 5.97 Å². The maximum Gasteiger partial charge on any atom is 0.327 e. The molecule has 0 amide bonds. The van der Waals surface area contributed by atoms with E-state index in [1.165, 1.54) is 19.2 Å². The minimum Gasteiger partial charge on any atom is -0.467 e. The molecule has 84 valence electrons. The molecule has 0 aliphatic heterocycles. The average molecular weight is 222 g/mol. The van der Waals surface area contributed by atoms with Crippen LogP contribution >= 0.6 is 0 Å². The molecule has 0 saturated carbocycles. The zero-order valence-corrected chi connectivity index (χ0v) is 8.95. The van der Waals surface area contributed by atoms with E-state index in [4.69, 9.17) is 5.26 Å². The first-order valence-electron chi connectivity index (χ1n) is 4.62. The summed E-state index contributed by atoms with van der Waals surface area (Å²) in [5.74, 6) is -1.06. The van der Waals surface area contributed by atoms with E-state index in [0.29, 0.717) is 0 Å². The molecular formula is C11H11FN2O2. The Morgan fingerprint density at radius 3 is 2.81 bits per heavy atom. The molecule has 1 aromatic rings. The summed E-state index contributed by atoms with van der Waals surface area (Å²) in [5, 5.41) is 11.2. The third-order valence-electron chi connectivity index (χ3n) is 2.02. The SMILES string of the molecule is COC(=O)C(C)Nc1ccc(C#N)cc1F. The van der Waals surface area contributed by atoms with Gasteiger partial charge in [-0.25, -0.2) is 9.18 Å². The number of benzene rings is 1. The molecule has 1 atom stereocenters. The molecule has 0 fully saturated rings. The van der Waals surface area contributed by atoms with E-state index < -0.39 is 17.8 Å². The molecule has 0 spiro atoms. The number of rotatable bonds is 3. The lowest BCUT2D eigenvalue weighted by Gasteiger charge is -2.13. The van der Waals surface area contributed by atoms with Crippen molar-refractivity contribution in [3.8, 4) is 6.07 Å². The molecule has 0 heterocycles. The van der Waals surface area contributed by atoms with Gasteiger partial charge in [0.05, 0.1) is 24.4 Å². The molecule has 0 aromatic heterocycles. The van der Waals surface area contributed by atoms with Crippen LogP contribution in [0, 0.1) is 17.1 Å². The Morgan fingerprint density at radius 2 is 2.31 bits per heavy atom. The predicted molar refractivity (Wildman–Crippen MR) is 56.2 cm³/mol. The highest BCUT2D eigenvalue weighted by atomic mass is 19.1. The molecule has 1 unspecified atom stereocenters. The van der Waals surface area contributed by atoms with Crippen LogP contribution in [0.3, 0.4) is 0 Å². The van der Waals surface area contributed by atoms with Crippen molar-refractivity contribution in [1.82, 2.24) is 0 Å². The molecule has 0 aliphatic carbocycles. The maximum atomic E-state index is 13.4. The van der Waals surface area contributed by atoms with E-state index in [0.717, 1.165) is 6.07 Å². The van der Waals surface area contributed by atoms with Gasteiger partial charge in [-0.05, 0) is 25.1 Å². The standard InChI is InChI=1S/C11H11FN2O2/c1-7(11(15)16-2)14-10-4-3-8(6-13)5-9(10)12/h3-5,7,14H,1-2H3. The predicted octanol–water partition coefficient (Wildman–Crippen LogP) is 1.67. The second kappa shape index (κ2) is 5.12. The summed E-state index contributed by atoms with van der Waals surface area (Å²) < 4.78 is 17.9. The molecule has 4 nitrogen and oxygen atoms in total. The number of anilines is 1. The van der Waals surface area contributed by atoms with Crippen LogP contribution in [0.4, 0.5) is 10.1 Å². The van der Waals surface area contributed by atoms with Gasteiger partial charge in [0.1, 0.15) is 11.9 Å². The third-order valence-corrected chi connectivity index (χ3v) is 2.02. The van der Waals surface area contributed by atoms with Crippen LogP contribution in [0.15, 0.2) is 18.2 Å². The van der Waals surface area contributed by atoms with Gasteiger partial charge in [-0.3, -0.25) is 0 Å². The van der Waals surface area contributed by atoms with Crippen molar-refractivity contribution in [2.45, 2.75) is 13.0 Å². The van der Waals surface area contributed by atoms with Gasteiger partial charge in [0.15, 0.2) is 0 Å². The highest BCUT2D eigenvalue weighted by molar-refractivity contribution is 5.78. The van der Waals surface area contributed by atoms with Crippen molar-refractivity contribution in [2.75, 3.05) is 12.4 Å². The van der Waals surface area contributed by atoms with E-state index in [2.05, 4.69) is 10.1 Å². The molecule has 1 aromatic carbocycles. The van der Waals surface area contributed by atoms with E-state index in [9.17, 15) is 9.18 Å². The number of hydrogen-bond donors (Lipinski definition) is 1. The Labute approximate surface area is 92.6 Å². The summed E-state index contributed by atoms with van der Waals surface area (Å²) in [6.45, 7) is 1.56. The minimum atomic E-state index is -0.646. The molecule has 1 rings (SSSR count). The fourth-order valence-corrected chi connectivity index (χ4v) is 1.17. The van der Waals surface area contributed by atoms with Gasteiger partial charge < -0.3 is 10.1 Å². The molecule has 0 radical (unpaired) electrons. The van der Waals surface area contributed by atoms with Crippen LogP contribution in [-0.2, 0) is 9.53 Å². The smallest absolute Gasteiger partial charge is 0.327 e. The first-order valence-corrected chi connectivity index (χ1v) is 4.62. The van der Waals surface area contributed by atoms with Gasteiger partial charge in [0, 0.05) is 0 Å². The number of nitriles is 1. The highest BCUT2D eigenvalue weighted by Gasteiger charge is 2.14. The normalized spacial score (nSPS) is 11.4. The van der Waals surface area contributed by atoms with E-state index in [1.807, 2.05) is 6.07 Å². The molecule has 1 N–H and O–H groups in total. The van der Waals surface area contributed by atoms with E-state index in [-0.39, 0.29) is 11.3 Å². The summed E-state index contributed by atoms with van der Waals surface area (Å²) in [6, 6.07) is 5.16. The first-order chi connectivity index (χ1) is 7.58. The second-order valence-electron chi connectivity index (χ2n) is 3.20. The Bertz CT molecular complexity index is 440. The van der Waals surface area contributed by atoms with Crippen molar-refractivity contribution in [1.29, 1.82) is 5.26 Å². The molecule has 0 bridgehead atoms. The van der Waals surface area contributed by atoms with Crippen molar-refractivity contribution in [3.05, 3.63) is 29.6 Å². The number of carbonyl (C=O) groups excluding carboxylic acids is 1. The number of methoxy groups -OCH3 is 1. The molecule has 16 heavy (non-hydrogen) atoms. The number of esters is 1. The zero-order valence-electron chi connectivity index (χ0n) is 8.95. The number of halogens is 1. The number of nitrogens with zero attached hydrogens (tertiary/aromatic N) is 1. The molecule has 5 heteroatoms. The van der Waals surface area contributed by atoms with Crippen LogP contribution in [0.1, 0.15) is 12.5 Å². The lowest BCUT2D eigenvalue weighted by atomic mass is 10.2. The van der Waals surface area contributed by atoms with E-state index >= 15 is 0 Å². The number of nitrogens with one attached hydrogen (secondary N) is 1. The Kier molecular flexibility index (Phi) is 3.84. The minimum absolute atomic E-state index is 0.164. The lowest BCUT2D eigenvalue weighted by molar-refractivity contribution is -0.141. The van der Waals surface area contributed by atoms with Crippen molar-refractivity contribution < 1.29 is 13.9 Å². The fraction of sp³-hybridized carbons (Fsp3) is 0.273. The summed E-state index contributed by atoms with van der Waals surface area (Å²) in [5.41, 5.74) is 0.394. The third kappa shape index (κ3) is 2.70. The van der Waals surface area contributed by atoms with Crippen LogP contribution in [0.25, 0.3) is 0 Å². The Balaban J connectivity index is 2.83. The number of ether oxygens (including phenoxy) is 1. The summed E-state index contributed by atoms with van der Waals surface area (Å²) >= 11 is 0. The summed E-state index contributed by atoms with van der Waals surface area (Å²) in [7, 11) is 1.26. The zero-order chi connectivity index (χ0) is 12.1. The molecule has 0 aliphatic rings. The highest BCUT2D eigenvalue weighted by Crippen LogP contribution is 2.16. The van der Waals surface area contributed by atoms with Crippen molar-refractivity contribution in [3.63, 3.8) is 0 Å². The first kappa shape index (κ1) is 12.0. The van der Waals surface area contributed by atoms with Crippen LogP contribution < -0.4 is 5.32 Å². The van der Waals surface area contributed by atoms with Crippen LogP contribution in [0.5, 0.6) is 0 Å². The number of carbonyl (C=O) groups is 1. The fourth-order valence-electron chi connectivity index (χ4n) is 1.17. The summed E-state index contributed by atoms with van der Waals surface area (Å²) in [6.07, 6.45) is 0. The average Bonchev–Trinajstić information content (AvgIpc) is 2.30. The Morgan fingerprint density at radius 1 is 1.62 bits per heavy atom. The second-order valence-corrected chi connectivity index (χ2v) is 3.20. The molecule has 0 saturated heterocycles. The number of hydrogen-bond acceptors (Lipinski definition) is 4. The van der Waals surface area contributed by atoms with Gasteiger partial charge in [0.2, 0.25) is 0 Å². The quantitative estimate of drug-likeness (QED) is 0.790. The van der Waals surface area contributed by atoms with Gasteiger partial charge in [-0.2, -0.15) is 5.26 Å². The van der Waals surface area contributed by atoms with Crippen molar-refractivity contribution >= 4 is 11.7 Å². The summed E-state index contributed by atoms with van der Waals surface area (Å²) in [4.78, 5) is 11.1. The van der Waals surface area contributed by atoms with Crippen LogP contribution in [0.2, 0.25) is 0 Å². The lowest BCUT2D eigenvalue weighted by Crippen LogP contribution is -2.27. The van der Waals surface area contributed by atoms with Gasteiger partial charge in [-0.15, -0.1) is 0 Å². The monoisotopic (exact) mass is 222 g/mol. The topological polar surface area (TPSA) is 62.1 Å². The largest absolute Gasteiger partial charge is 0.467 e. The van der Waals surface area contributed by atoms with Crippen LogP contribution in [-0.4, -0.2) is 19.1 Å². The Hall–Kier alpha value is -2.09. The van der Waals surface area contributed by atoms with E-state index in [1.54, 1.807) is 6.92 Å². The van der Waals surface area contributed by atoms with Crippen molar-refractivity contribution in [2.24, 2.45) is 0 Å².